The summed E-state index contributed by atoms with van der Waals surface area (Å²) in [6, 6.07) is 31.7. The van der Waals surface area contributed by atoms with Gasteiger partial charge in [-0.3, -0.25) is 52.7 Å². The fraction of sp³-hybridized carbons (Fsp3) is 0.396. The van der Waals surface area contributed by atoms with E-state index >= 15 is 0 Å². The number of nitrogens with zero attached hydrogens (tertiary/aromatic N) is 16. The van der Waals surface area contributed by atoms with Crippen molar-refractivity contribution in [2.45, 2.75) is 133 Å². The second-order valence-corrected chi connectivity index (χ2v) is 41.2. The Morgan fingerprint density at radius 3 is 1.26 bits per heavy atom. The molecule has 7 fully saturated rings. The van der Waals surface area contributed by atoms with Crippen molar-refractivity contribution < 1.29 is 82.2 Å². The number of sulfonamides is 1. The minimum atomic E-state index is -3.31. The fourth-order valence-corrected chi connectivity index (χ4v) is 19.5. The molecular weight excluding hydrogens is 1850 g/mol. The molecule has 2 aromatic carbocycles. The highest BCUT2D eigenvalue weighted by Crippen LogP contribution is 2.36. The fourth-order valence-electron chi connectivity index (χ4n) is 17.4. The van der Waals surface area contributed by atoms with Crippen molar-refractivity contribution in [1.82, 2.24) is 83.1 Å². The summed E-state index contributed by atoms with van der Waals surface area (Å²) < 4.78 is 122. The van der Waals surface area contributed by atoms with Gasteiger partial charge in [-0.2, -0.15) is 0 Å². The van der Waals surface area contributed by atoms with Crippen LogP contribution in [0.2, 0.25) is 5.02 Å². The molecule has 42 heteroatoms. The van der Waals surface area contributed by atoms with Gasteiger partial charge in [-0.05, 0) is 195 Å². The number of hydrogen-bond donors (Lipinski definition) is 5. The average Bonchev–Trinajstić information content (AvgIpc) is 1.68. The summed E-state index contributed by atoms with van der Waals surface area (Å²) in [6.45, 7) is 10.9. The minimum absolute atomic E-state index is 0.0667. The monoisotopic (exact) mass is 1950 g/mol. The number of carbonyl (C=O) groups is 8. The number of halogens is 5. The zero-order chi connectivity index (χ0) is 97.9. The first-order valence-electron chi connectivity index (χ1n) is 45.5. The number of alkyl halides is 4. The molecule has 0 aliphatic carbocycles. The van der Waals surface area contributed by atoms with Crippen LogP contribution in [0.25, 0.3) is 66.9 Å². The van der Waals surface area contributed by atoms with Gasteiger partial charge in [0.2, 0.25) is 10.0 Å². The number of ether oxygens (including phenoxy) is 2. The maximum Gasteiger partial charge on any atom is 0.415 e. The van der Waals surface area contributed by atoms with E-state index in [9.17, 15) is 72.8 Å². The number of nitrogens with one attached hydrogen (secondary N) is 3. The van der Waals surface area contributed by atoms with Crippen LogP contribution in [-0.2, 0) is 29.3 Å². The molecule has 7 aliphatic rings. The van der Waals surface area contributed by atoms with Crippen molar-refractivity contribution in [3.63, 3.8) is 0 Å². The summed E-state index contributed by atoms with van der Waals surface area (Å²) in [7, 11) is -6.34. The highest BCUT2D eigenvalue weighted by molar-refractivity contribution is 7.91. The van der Waals surface area contributed by atoms with Crippen LogP contribution in [0.4, 0.5) is 38.7 Å². The highest BCUT2D eigenvalue weighted by atomic mass is 35.5. The number of fused-ring (bicyclic) bond motifs is 4. The zero-order valence-electron chi connectivity index (χ0n) is 76.6. The van der Waals surface area contributed by atoms with Crippen LogP contribution in [0.5, 0.6) is 0 Å². The number of pyridine rings is 6. The molecule has 0 saturated carbocycles. The number of likely N-dealkylation sites (tertiary alicyclic amines) is 4. The van der Waals surface area contributed by atoms with Gasteiger partial charge in [0.1, 0.15) is 73.1 Å². The molecule has 0 unspecified atom stereocenters. The molecule has 0 bridgehead atoms. The smallest absolute Gasteiger partial charge is 0.415 e. The Morgan fingerprint density at radius 2 is 0.848 bits per heavy atom. The molecule has 138 heavy (non-hydrogen) atoms. The number of hydrogen-bond acceptors (Lipinski definition) is 22. The molecule has 12 aromatic rings. The first-order valence-corrected chi connectivity index (χ1v) is 49.6. The number of rotatable bonds is 19. The van der Waals surface area contributed by atoms with Gasteiger partial charge in [0.25, 0.3) is 35.4 Å². The van der Waals surface area contributed by atoms with Gasteiger partial charge in [0, 0.05) is 183 Å². The molecular formula is C96H106ClF4N21O14S2. The summed E-state index contributed by atoms with van der Waals surface area (Å²) in [6.07, 6.45) is 21.2. The number of anilines is 2. The van der Waals surface area contributed by atoms with E-state index in [0.29, 0.717) is 214 Å². The van der Waals surface area contributed by atoms with Crippen molar-refractivity contribution in [3.8, 4) is 22.7 Å². The lowest BCUT2D eigenvalue weighted by atomic mass is 9.95. The second-order valence-electron chi connectivity index (χ2n) is 36.7. The van der Waals surface area contributed by atoms with Crippen LogP contribution in [0.3, 0.4) is 0 Å². The van der Waals surface area contributed by atoms with Gasteiger partial charge < -0.3 is 60.3 Å². The van der Waals surface area contributed by atoms with Gasteiger partial charge >= 0.3 is 12.2 Å². The van der Waals surface area contributed by atoms with Crippen LogP contribution >= 0.6 is 11.6 Å². The Kier molecular flexibility index (Phi) is 28.6. The van der Waals surface area contributed by atoms with Gasteiger partial charge in [-0.25, -0.2) is 73.6 Å². The van der Waals surface area contributed by atoms with E-state index in [1.165, 1.54) is 22.2 Å². The summed E-state index contributed by atoms with van der Waals surface area (Å²) >= 11 is 6.35. The number of cyclic esters (lactones) is 2. The van der Waals surface area contributed by atoms with E-state index in [1.54, 1.807) is 156 Å². The van der Waals surface area contributed by atoms with E-state index in [4.69, 9.17) is 32.5 Å². The van der Waals surface area contributed by atoms with Crippen molar-refractivity contribution in [2.75, 3.05) is 119 Å². The SMILES string of the molecule is CC1(F)CCN(C(=O)c2cnc3c(ccn3-c3cc(Cl)cc(C(=O)NC4CCS(=O)(=O)CC4)c3)c2)CC1.CC1(F)CCN(C(=O)c2cnc3c(ccn3-c3ccc(N4C[C@@H](CN)OC4=O)nc3)c2)CC1.CC1(F)CCN(C(=O)c2cnc3c(ccn3-c3cccc(C(=O)NCCNS(C)(=O)=O)c3)c2)CC1.CC1(F)CCN(C(=O)c2cnc3c(ccn3-c3cncc(N4C[C@@H](CN)OC4=O)c3)c2)CC1. The van der Waals surface area contributed by atoms with Gasteiger partial charge in [-0.15, -0.1) is 0 Å². The van der Waals surface area contributed by atoms with Crippen molar-refractivity contribution >= 4 is 135 Å². The number of amides is 8. The lowest BCUT2D eigenvalue weighted by Gasteiger charge is -2.34. The molecule has 2 atom stereocenters. The molecule has 19 rings (SSSR count). The Bertz CT molecular complexity index is 6860. The Labute approximate surface area is 797 Å². The quantitative estimate of drug-likeness (QED) is 0.0371. The van der Waals surface area contributed by atoms with Crippen molar-refractivity contribution in [3.05, 3.63) is 216 Å². The third kappa shape index (κ3) is 23.0. The molecule has 35 nitrogen and oxygen atoms in total. The average molecular weight is 1950 g/mol. The number of nitrogens with two attached hydrogens (primary N) is 2. The van der Waals surface area contributed by atoms with E-state index in [0.717, 1.165) is 39.2 Å². The topological polar surface area (TPSA) is 428 Å². The van der Waals surface area contributed by atoms with E-state index in [2.05, 4.69) is 45.3 Å². The number of aromatic nitrogens is 10. The van der Waals surface area contributed by atoms with E-state index in [1.807, 2.05) is 74.8 Å². The lowest BCUT2D eigenvalue weighted by Crippen LogP contribution is -2.43. The Balaban J connectivity index is 0.000000133. The first kappa shape index (κ1) is 97.7. The summed E-state index contributed by atoms with van der Waals surface area (Å²) in [5.41, 5.74) is 14.9. The van der Waals surface area contributed by atoms with E-state index in [-0.39, 0.29) is 91.4 Å². The van der Waals surface area contributed by atoms with Crippen LogP contribution in [0.1, 0.15) is 154 Å². The molecule has 0 spiro atoms. The number of benzene rings is 2. The number of piperidine rings is 4. The van der Waals surface area contributed by atoms with E-state index < -0.39 is 54.7 Å². The van der Waals surface area contributed by atoms with Gasteiger partial charge in [-0.1, -0.05) is 17.7 Å². The Morgan fingerprint density at radius 1 is 0.449 bits per heavy atom. The molecule has 726 valence electrons. The summed E-state index contributed by atoms with van der Waals surface area (Å²) in [5.74, 6) is -0.634. The third-order valence-electron chi connectivity index (χ3n) is 25.8. The molecule has 8 amide bonds. The normalized spacial score (nSPS) is 19.0. The van der Waals surface area contributed by atoms with Crippen LogP contribution in [0, 0.1) is 0 Å². The highest BCUT2D eigenvalue weighted by Gasteiger charge is 2.39. The number of sulfone groups is 1. The van der Waals surface area contributed by atoms with Crippen LogP contribution in [0.15, 0.2) is 177 Å². The minimum Gasteiger partial charge on any atom is -0.443 e. The lowest BCUT2D eigenvalue weighted by molar-refractivity contribution is 0.0493. The maximum atomic E-state index is 14.1. The standard InChI is InChI=1S/C26H28ClFN4O4S.C24H28FN5O4S.2C23H25FN6O3/c1-26(28)5-8-31(9-6-26)25(34)19-12-17-2-7-32(23(17)29-16-19)22-14-18(13-20(27)15-22)24(33)30-21-3-10-37(35,36)11-4-21;1-24(25)7-12-29(13-8-24)23(32)19-14-17-6-11-30(21(17)27-16-19)20-5-3-4-18(15-20)22(31)26-9-10-28-35(2,33)34;1-23(24)3-6-28(7-4-23)21(31)16-8-15-2-5-29(20(15)27-11-16)17-9-18(13-26-12-17)30-14-19(10-25)33-22(30)32;1-23(24)5-8-28(9-6-23)21(31)16-10-15-4-7-29(20(15)27-12-16)17-2-3-19(26-13-17)30-14-18(11-25)33-22(30)32/h2,7,12-16,21H,3-6,8-11H2,1H3,(H,30,33);3-6,11,14-16,28H,7-10,12-13H2,1-2H3,(H,26,31);2,5,8-9,11-13,19H,3-4,6-7,10,14,25H2,1H3;2-4,7,10,12-13,18H,5-6,8-9,11,14,25H2,1H3/t;;19-;18-/m..11/s1. The maximum absolute atomic E-state index is 14.1. The van der Waals surface area contributed by atoms with Gasteiger partial charge in [0.05, 0.1) is 88.8 Å². The third-order valence-corrected chi connectivity index (χ3v) is 28.5. The van der Waals surface area contributed by atoms with Gasteiger partial charge in [0.15, 0.2) is 0 Å². The summed E-state index contributed by atoms with van der Waals surface area (Å²) in [4.78, 5) is 138. The van der Waals surface area contributed by atoms with Crippen molar-refractivity contribution in [2.24, 2.45) is 11.5 Å². The van der Waals surface area contributed by atoms with Crippen LogP contribution < -0.4 is 36.6 Å². The van der Waals surface area contributed by atoms with Crippen LogP contribution in [-0.4, -0.2) is 283 Å². The molecule has 7 N–H and O–H groups in total. The Hall–Kier alpha value is -13.4. The number of carbonyl (C=O) groups excluding carboxylic acids is 8. The zero-order valence-corrected chi connectivity index (χ0v) is 79.0. The molecule has 0 radical (unpaired) electrons. The molecule has 17 heterocycles. The molecule has 7 aliphatic heterocycles. The predicted octanol–water partition coefficient (Wildman–Crippen LogP) is 11.6. The molecule has 7 saturated heterocycles. The summed E-state index contributed by atoms with van der Waals surface area (Å²) in [5, 5.41) is 9.08. The van der Waals surface area contributed by atoms with Crippen molar-refractivity contribution in [1.29, 1.82) is 0 Å². The second kappa shape index (κ2) is 40.4. The predicted molar refractivity (Wildman–Crippen MR) is 511 cm³/mol. The largest absolute Gasteiger partial charge is 0.443 e. The molecule has 10 aromatic heterocycles. The first-order chi connectivity index (χ1) is 65.7.